The number of aliphatic hydroxyl groups is 1. The molecule has 0 bridgehead atoms. The topological polar surface area (TPSA) is 105 Å². The number of benzene rings is 4. The molecule has 7 rings (SSSR count). The van der Waals surface area contributed by atoms with Crippen molar-refractivity contribution in [3.63, 3.8) is 0 Å². The van der Waals surface area contributed by atoms with Crippen LogP contribution in [0.5, 0.6) is 0 Å². The van der Waals surface area contributed by atoms with Crippen LogP contribution in [0.25, 0.3) is 33.5 Å². The molecule has 1 aliphatic heterocycles. The van der Waals surface area contributed by atoms with Crippen molar-refractivity contribution in [2.75, 3.05) is 18.0 Å². The van der Waals surface area contributed by atoms with Gasteiger partial charge in [0, 0.05) is 29.8 Å². The quantitative estimate of drug-likeness (QED) is 0.154. The first-order valence-corrected chi connectivity index (χ1v) is 17.2. The van der Waals surface area contributed by atoms with Crippen molar-refractivity contribution in [3.8, 4) is 22.5 Å². The van der Waals surface area contributed by atoms with Crippen LogP contribution in [0, 0.1) is 5.82 Å². The molecule has 2 aliphatic rings. The molecule has 0 spiro atoms. The molecule has 11 heteroatoms. The molecule has 4 aromatic carbocycles. The van der Waals surface area contributed by atoms with Gasteiger partial charge in [0.2, 0.25) is 0 Å². The number of esters is 1. The van der Waals surface area contributed by atoms with E-state index >= 15 is 4.39 Å². The van der Waals surface area contributed by atoms with Gasteiger partial charge in [-0.15, -0.1) is 12.4 Å². The zero-order valence-electron chi connectivity index (χ0n) is 27.4. The summed E-state index contributed by atoms with van der Waals surface area (Å²) in [6.07, 6.45) is 6.15. The fourth-order valence-corrected chi connectivity index (χ4v) is 7.24. The average Bonchev–Trinajstić information content (AvgIpc) is 3.50. The number of carbonyl (C=O) groups is 2. The van der Waals surface area contributed by atoms with Crippen molar-refractivity contribution in [1.82, 2.24) is 9.55 Å². The Balaban J connectivity index is 0.00000432. The number of carbonyl (C=O) groups excluding carboxylic acids is 1. The highest BCUT2D eigenvalue weighted by Crippen LogP contribution is 2.37. The van der Waals surface area contributed by atoms with E-state index in [-0.39, 0.29) is 47.9 Å². The van der Waals surface area contributed by atoms with Crippen LogP contribution in [0.15, 0.2) is 78.9 Å². The summed E-state index contributed by atoms with van der Waals surface area (Å²) < 4.78 is 23.8. The Morgan fingerprint density at radius 2 is 1.56 bits per heavy atom. The molecule has 50 heavy (non-hydrogen) atoms. The van der Waals surface area contributed by atoms with E-state index in [1.54, 1.807) is 24.3 Å². The molecule has 2 N–H and O–H groups in total. The molecule has 1 aliphatic carbocycles. The highest BCUT2D eigenvalue weighted by atomic mass is 35.5. The molecule has 0 radical (unpaired) electrons. The maximum absolute atomic E-state index is 16.0. The Hall–Kier alpha value is -4.44. The minimum atomic E-state index is -1.05. The second-order valence-electron chi connectivity index (χ2n) is 12.9. The second-order valence-corrected chi connectivity index (χ2v) is 13.4. The molecule has 1 saturated heterocycles. The van der Waals surface area contributed by atoms with E-state index < -0.39 is 17.8 Å². The molecule has 0 amide bonds. The number of anilines is 1. The van der Waals surface area contributed by atoms with Crippen molar-refractivity contribution >= 4 is 52.7 Å². The van der Waals surface area contributed by atoms with Crippen molar-refractivity contribution in [2.45, 2.75) is 63.7 Å². The van der Waals surface area contributed by atoms with Gasteiger partial charge in [-0.3, -0.25) is 0 Å². The molecule has 2 heterocycles. The Kier molecular flexibility index (Phi) is 10.8. The van der Waals surface area contributed by atoms with E-state index in [2.05, 4.69) is 4.90 Å². The number of rotatable bonds is 8. The zero-order valence-corrected chi connectivity index (χ0v) is 28.9. The van der Waals surface area contributed by atoms with Crippen LogP contribution in [-0.4, -0.2) is 50.9 Å². The third-order valence-electron chi connectivity index (χ3n) is 9.75. The van der Waals surface area contributed by atoms with Gasteiger partial charge in [-0.25, -0.2) is 19.0 Å². The van der Waals surface area contributed by atoms with E-state index in [0.29, 0.717) is 29.2 Å². The highest BCUT2D eigenvalue weighted by molar-refractivity contribution is 6.30. The summed E-state index contributed by atoms with van der Waals surface area (Å²) in [5, 5.41) is 20.1. The standard InChI is InChI=1S/C39H37ClFN3O5.ClH/c40-28-10-6-24(7-11-28)32-14-12-30(43-18-16-31(45)17-19-43)20-27(32)23-49-39(48)26-8-13-33(34(41)21-26)37-42-35-22-25(38(46)47)9-15-36(35)44(37)29-4-2-1-3-5-29;/h6-15,20-22,29,31,45H,1-5,16-19,23H2,(H,46,47);1H. The first-order chi connectivity index (χ1) is 23.7. The maximum Gasteiger partial charge on any atom is 0.338 e. The number of aromatic carboxylic acids is 1. The van der Waals surface area contributed by atoms with Crippen LogP contribution in [0.4, 0.5) is 10.1 Å². The normalized spacial score (nSPS) is 15.5. The lowest BCUT2D eigenvalue weighted by Crippen LogP contribution is -2.35. The number of hydrogen-bond donors (Lipinski definition) is 2. The van der Waals surface area contributed by atoms with Crippen molar-refractivity contribution in [1.29, 1.82) is 0 Å². The summed E-state index contributed by atoms with van der Waals surface area (Å²) in [7, 11) is 0. The summed E-state index contributed by atoms with van der Waals surface area (Å²) in [6, 6.07) is 22.7. The number of hydrogen-bond acceptors (Lipinski definition) is 6. The van der Waals surface area contributed by atoms with Crippen LogP contribution in [-0.2, 0) is 11.3 Å². The zero-order chi connectivity index (χ0) is 34.1. The fourth-order valence-electron chi connectivity index (χ4n) is 7.11. The molecule has 5 aromatic rings. The largest absolute Gasteiger partial charge is 0.478 e. The van der Waals surface area contributed by atoms with Gasteiger partial charge < -0.3 is 24.4 Å². The Morgan fingerprint density at radius 3 is 2.26 bits per heavy atom. The average molecular weight is 719 g/mol. The van der Waals surface area contributed by atoms with Gasteiger partial charge in [0.05, 0.1) is 33.8 Å². The molecule has 1 saturated carbocycles. The van der Waals surface area contributed by atoms with Crippen molar-refractivity contribution in [2.24, 2.45) is 0 Å². The summed E-state index contributed by atoms with van der Waals surface area (Å²) in [5.41, 5.74) is 5.24. The summed E-state index contributed by atoms with van der Waals surface area (Å²) in [4.78, 5) is 32.0. The van der Waals surface area contributed by atoms with Gasteiger partial charge >= 0.3 is 11.9 Å². The number of aliphatic hydroxyl groups excluding tert-OH is 1. The lowest BCUT2D eigenvalue weighted by atomic mass is 9.94. The predicted octanol–water partition coefficient (Wildman–Crippen LogP) is 9.11. The number of ether oxygens (including phenoxy) is 1. The molecule has 8 nitrogen and oxygen atoms in total. The first-order valence-electron chi connectivity index (χ1n) is 16.8. The van der Waals surface area contributed by atoms with Gasteiger partial charge in [0.25, 0.3) is 0 Å². The molecule has 2 fully saturated rings. The monoisotopic (exact) mass is 717 g/mol. The third-order valence-corrected chi connectivity index (χ3v) is 10.0. The number of piperidine rings is 1. The number of halogens is 3. The summed E-state index contributed by atoms with van der Waals surface area (Å²) in [6.45, 7) is 1.41. The van der Waals surface area contributed by atoms with Crippen LogP contribution in [0.1, 0.15) is 77.3 Å². The Morgan fingerprint density at radius 1 is 0.860 bits per heavy atom. The van der Waals surface area contributed by atoms with E-state index in [4.69, 9.17) is 21.3 Å². The Labute approximate surface area is 300 Å². The lowest BCUT2D eigenvalue weighted by Gasteiger charge is -2.32. The van der Waals surface area contributed by atoms with Gasteiger partial charge in [0.1, 0.15) is 18.2 Å². The molecule has 1 aromatic heterocycles. The molecular weight excluding hydrogens is 680 g/mol. The molecule has 0 unspecified atom stereocenters. The van der Waals surface area contributed by atoms with Gasteiger partial charge in [0.15, 0.2) is 0 Å². The SMILES string of the molecule is Cl.O=C(O)c1ccc2c(c1)nc(-c1ccc(C(=O)OCc3cc(N4CCC(O)CC4)ccc3-c3ccc(Cl)cc3)cc1F)n2C1CCCCC1. The van der Waals surface area contributed by atoms with Crippen molar-refractivity contribution < 1.29 is 28.9 Å². The van der Waals surface area contributed by atoms with Gasteiger partial charge in [-0.05, 0) is 103 Å². The van der Waals surface area contributed by atoms with Crippen molar-refractivity contribution in [3.05, 3.63) is 106 Å². The Bertz CT molecular complexity index is 2020. The summed E-state index contributed by atoms with van der Waals surface area (Å²) in [5.74, 6) is -1.91. The second kappa shape index (κ2) is 15.2. The van der Waals surface area contributed by atoms with E-state index in [1.807, 2.05) is 47.0 Å². The maximum atomic E-state index is 16.0. The van der Waals surface area contributed by atoms with E-state index in [1.165, 1.54) is 12.1 Å². The van der Waals surface area contributed by atoms with Gasteiger partial charge in [-0.2, -0.15) is 0 Å². The molecule has 260 valence electrons. The number of carboxylic acid groups (broad SMARTS) is 1. The smallest absolute Gasteiger partial charge is 0.338 e. The minimum Gasteiger partial charge on any atom is -0.478 e. The van der Waals surface area contributed by atoms with Crippen LogP contribution >= 0.6 is 24.0 Å². The molecular formula is C39H38Cl2FN3O5. The number of nitrogens with zero attached hydrogens (tertiary/aromatic N) is 3. The van der Waals surface area contributed by atoms with Gasteiger partial charge in [-0.1, -0.05) is 49.1 Å². The van der Waals surface area contributed by atoms with Crippen LogP contribution in [0.3, 0.4) is 0 Å². The molecule has 0 atom stereocenters. The highest BCUT2D eigenvalue weighted by Gasteiger charge is 2.25. The van der Waals surface area contributed by atoms with Crippen LogP contribution in [0.2, 0.25) is 5.02 Å². The van der Waals surface area contributed by atoms with Crippen LogP contribution < -0.4 is 4.90 Å². The number of fused-ring (bicyclic) bond motifs is 1. The number of carboxylic acids is 1. The van der Waals surface area contributed by atoms with E-state index in [0.717, 1.165) is 73.1 Å². The first kappa shape index (κ1) is 35.4. The minimum absolute atomic E-state index is 0. The number of aromatic nitrogens is 2. The lowest BCUT2D eigenvalue weighted by molar-refractivity contribution is 0.0472. The predicted molar refractivity (Wildman–Crippen MR) is 195 cm³/mol. The van der Waals surface area contributed by atoms with E-state index in [9.17, 15) is 19.8 Å². The third kappa shape index (κ3) is 7.36. The summed E-state index contributed by atoms with van der Waals surface area (Å²) >= 11 is 6.14. The number of imidazole rings is 1. The fraction of sp³-hybridized carbons (Fsp3) is 0.308.